The molecule has 2 unspecified atom stereocenters. The van der Waals surface area contributed by atoms with Crippen LogP contribution in [0.3, 0.4) is 0 Å². The Labute approximate surface area is 150 Å². The molecule has 0 radical (unpaired) electrons. The van der Waals surface area contributed by atoms with E-state index in [2.05, 4.69) is 0 Å². The number of fused-ring (bicyclic) bond motifs is 1. The van der Waals surface area contributed by atoms with Gasteiger partial charge in [-0.15, -0.1) is 4.21 Å². The number of aryl methyl sites for hydroxylation is 2. The minimum atomic E-state index is -3.42. The second kappa shape index (κ2) is 6.39. The maximum absolute atomic E-state index is 12.8. The predicted molar refractivity (Wildman–Crippen MR) is 99.5 cm³/mol. The molecule has 3 rings (SSSR count). The van der Waals surface area contributed by atoms with Crippen LogP contribution in [0.15, 0.2) is 41.3 Å². The highest BCUT2D eigenvalue weighted by atomic mass is 32.3. The van der Waals surface area contributed by atoms with Gasteiger partial charge in [0, 0.05) is 24.2 Å². The number of amides is 1. The van der Waals surface area contributed by atoms with Crippen molar-refractivity contribution in [2.45, 2.75) is 50.8 Å². The number of sulfone groups is 1. The number of hydrogen-bond acceptors (Lipinski definition) is 3. The van der Waals surface area contributed by atoms with Crippen molar-refractivity contribution in [3.63, 3.8) is 0 Å². The van der Waals surface area contributed by atoms with Crippen molar-refractivity contribution in [1.82, 2.24) is 0 Å². The van der Waals surface area contributed by atoms with E-state index in [1.807, 2.05) is 39.0 Å². The molecule has 0 N–H and O–H groups in total. The zero-order valence-electron chi connectivity index (χ0n) is 15.0. The largest absolute Gasteiger partial charge is 0.610 e. The summed E-state index contributed by atoms with van der Waals surface area (Å²) < 4.78 is 25.6. The molecule has 25 heavy (non-hydrogen) atoms. The molecule has 4 nitrogen and oxygen atoms in total. The van der Waals surface area contributed by atoms with E-state index in [1.54, 1.807) is 23.1 Å². The molecule has 2 aromatic rings. The zero-order chi connectivity index (χ0) is 18.4. The van der Waals surface area contributed by atoms with E-state index in [0.717, 1.165) is 27.9 Å². The molecule has 1 amide bonds. The molecule has 1 aliphatic rings. The van der Waals surface area contributed by atoms with Crippen molar-refractivity contribution in [2.24, 2.45) is 0 Å². The summed E-state index contributed by atoms with van der Waals surface area (Å²) in [5, 5.41) is 0. The first-order valence-corrected chi connectivity index (χ1v) is 10.1. The maximum Gasteiger partial charge on any atom is 0.224 e. The number of rotatable bonds is 3. The number of nitrogens with zero attached hydrogens (tertiary/aromatic N) is 1. The number of carbonyl (C=O) groups excluding carboxylic acids is 1. The molecule has 0 bridgehead atoms. The number of benzene rings is 2. The summed E-state index contributed by atoms with van der Waals surface area (Å²) in [6.07, 6.45) is 0.682. The molecule has 132 valence electrons. The highest BCUT2D eigenvalue weighted by Crippen LogP contribution is 2.35. The van der Waals surface area contributed by atoms with Crippen LogP contribution in [-0.2, 0) is 31.4 Å². The van der Waals surface area contributed by atoms with Crippen LogP contribution in [0.1, 0.15) is 36.1 Å². The average Bonchev–Trinajstić information content (AvgIpc) is 2.85. The van der Waals surface area contributed by atoms with E-state index in [-0.39, 0.29) is 17.7 Å². The van der Waals surface area contributed by atoms with Gasteiger partial charge >= 0.3 is 0 Å². The fraction of sp³-hybridized carbons (Fsp3) is 0.350. The predicted octanol–water partition coefficient (Wildman–Crippen LogP) is 3.79. The normalized spacial score (nSPS) is 18.8. The second-order valence-electron chi connectivity index (χ2n) is 6.91. The first-order chi connectivity index (χ1) is 11.7. The van der Waals surface area contributed by atoms with E-state index < -0.39 is 10.2 Å². The zero-order valence-corrected chi connectivity index (χ0v) is 15.9. The summed E-state index contributed by atoms with van der Waals surface area (Å²) in [4.78, 5) is 13.9. The van der Waals surface area contributed by atoms with Gasteiger partial charge in [-0.2, -0.15) is 0 Å². The van der Waals surface area contributed by atoms with Gasteiger partial charge in [0.05, 0.1) is 10.2 Å². The molecular weight excluding hydrogens is 334 g/mol. The topological polar surface area (TPSA) is 60.4 Å². The monoisotopic (exact) mass is 357 g/mol. The molecule has 0 spiro atoms. The Bertz CT molecular complexity index is 891. The molecule has 0 saturated heterocycles. The number of carbonyl (C=O) groups is 1. The van der Waals surface area contributed by atoms with Crippen molar-refractivity contribution >= 4 is 21.8 Å². The fourth-order valence-electron chi connectivity index (χ4n) is 3.48. The van der Waals surface area contributed by atoms with Crippen LogP contribution >= 0.6 is 0 Å². The van der Waals surface area contributed by atoms with Gasteiger partial charge in [-0.25, -0.2) is 0 Å². The lowest BCUT2D eigenvalue weighted by atomic mass is 10.1. The lowest BCUT2D eigenvalue weighted by Crippen LogP contribution is -2.33. The summed E-state index contributed by atoms with van der Waals surface area (Å²) in [5.74, 6) is -0.0317. The molecule has 2 aromatic carbocycles. The van der Waals surface area contributed by atoms with Crippen molar-refractivity contribution in [1.29, 1.82) is 0 Å². The van der Waals surface area contributed by atoms with Crippen molar-refractivity contribution < 1.29 is 13.6 Å². The van der Waals surface area contributed by atoms with Crippen molar-refractivity contribution in [3.8, 4) is 0 Å². The lowest BCUT2D eigenvalue weighted by molar-refractivity contribution is -0.116. The van der Waals surface area contributed by atoms with Crippen LogP contribution in [0.4, 0.5) is 5.69 Å². The molecule has 0 aliphatic carbocycles. The summed E-state index contributed by atoms with van der Waals surface area (Å²) in [5.41, 5.74) is 4.78. The van der Waals surface area contributed by atoms with Gasteiger partial charge in [-0.1, -0.05) is 18.2 Å². The number of anilines is 1. The maximum atomic E-state index is 12.8. The van der Waals surface area contributed by atoms with Gasteiger partial charge in [0.2, 0.25) is 5.91 Å². The van der Waals surface area contributed by atoms with Crippen LogP contribution in [0, 0.1) is 13.8 Å². The van der Waals surface area contributed by atoms with Gasteiger partial charge in [0.15, 0.2) is 4.90 Å². The first-order valence-electron chi connectivity index (χ1n) is 8.40. The molecule has 0 saturated carbocycles. The van der Waals surface area contributed by atoms with Gasteiger partial charge in [0.1, 0.15) is 5.75 Å². The molecule has 0 fully saturated rings. The third-order valence-corrected chi connectivity index (χ3v) is 6.58. The van der Waals surface area contributed by atoms with Crippen LogP contribution in [0.2, 0.25) is 0 Å². The van der Waals surface area contributed by atoms with E-state index in [0.29, 0.717) is 11.3 Å². The van der Waals surface area contributed by atoms with Gasteiger partial charge < -0.3 is 9.45 Å². The molecule has 5 heteroatoms. The van der Waals surface area contributed by atoms with Crippen molar-refractivity contribution in [2.75, 3.05) is 4.90 Å². The van der Waals surface area contributed by atoms with Crippen molar-refractivity contribution in [3.05, 3.63) is 58.7 Å². The first kappa shape index (κ1) is 17.8. The molecule has 0 aromatic heterocycles. The summed E-state index contributed by atoms with van der Waals surface area (Å²) >= 11 is 0. The quantitative estimate of drug-likeness (QED) is 0.785. The Morgan fingerprint density at radius 3 is 2.56 bits per heavy atom. The van der Waals surface area contributed by atoms with Gasteiger partial charge in [-0.05, 0) is 62.1 Å². The lowest BCUT2D eigenvalue weighted by Gasteiger charge is -2.21. The summed E-state index contributed by atoms with van der Waals surface area (Å²) in [7, 11) is -3.42. The van der Waals surface area contributed by atoms with E-state index in [1.165, 1.54) is 6.92 Å². The van der Waals surface area contributed by atoms with E-state index in [9.17, 15) is 13.6 Å². The smallest absolute Gasteiger partial charge is 0.224 e. The average molecular weight is 357 g/mol. The van der Waals surface area contributed by atoms with Crippen LogP contribution in [-0.4, -0.2) is 16.5 Å². The summed E-state index contributed by atoms with van der Waals surface area (Å²) in [6.45, 7) is 7.51. The fourth-order valence-corrected chi connectivity index (χ4v) is 4.86. The Kier molecular flexibility index (Phi) is 4.56. The van der Waals surface area contributed by atoms with E-state index in [4.69, 9.17) is 0 Å². The molecule has 1 heterocycles. The second-order valence-corrected chi connectivity index (χ2v) is 8.90. The highest BCUT2D eigenvalue weighted by molar-refractivity contribution is 7.96. The molecule has 2 atom stereocenters. The van der Waals surface area contributed by atoms with E-state index >= 15 is 0 Å². The Balaban J connectivity index is 1.91. The Morgan fingerprint density at radius 1 is 1.20 bits per heavy atom. The minimum Gasteiger partial charge on any atom is -0.610 e. The van der Waals surface area contributed by atoms with Gasteiger partial charge in [-0.3, -0.25) is 4.79 Å². The third-order valence-electron chi connectivity index (χ3n) is 4.89. The highest BCUT2D eigenvalue weighted by Gasteiger charge is 2.31. The third kappa shape index (κ3) is 3.39. The van der Waals surface area contributed by atoms with Crippen LogP contribution < -0.4 is 4.90 Å². The van der Waals surface area contributed by atoms with Crippen LogP contribution in [0.5, 0.6) is 0 Å². The SMILES string of the molecule is CC(=O)N1c2ccc([S+](=O)([O-])Cc3ccc(C)c(C)c3)cc2CC1C. The van der Waals surface area contributed by atoms with Gasteiger partial charge in [0.25, 0.3) is 0 Å². The Hall–Kier alpha value is -1.98. The Morgan fingerprint density at radius 2 is 1.92 bits per heavy atom. The molecular formula is C20H23NO3S. The molecule has 1 aliphatic heterocycles. The summed E-state index contributed by atoms with van der Waals surface area (Å²) in [6, 6.07) is 10.9. The van der Waals surface area contributed by atoms with Crippen LogP contribution in [0.25, 0.3) is 0 Å². The standard InChI is InChI=1S/C20H23NO3S/c1-13-5-6-17(9-14(13)2)12-25(23,24)19-7-8-20-18(11-19)10-15(3)21(20)16(4)22/h5-9,11,15H,10,12H2,1-4H3. The minimum absolute atomic E-state index is 0.0150. The number of hydrogen-bond donors (Lipinski definition) is 0.